The van der Waals surface area contributed by atoms with Gasteiger partial charge in [-0.05, 0) is 84.6 Å². The van der Waals surface area contributed by atoms with Gasteiger partial charge in [0, 0.05) is 21.9 Å². The summed E-state index contributed by atoms with van der Waals surface area (Å²) in [5, 5.41) is 5.44. The van der Waals surface area contributed by atoms with E-state index >= 15 is 0 Å². The maximum absolute atomic E-state index is 12.9. The zero-order valence-electron chi connectivity index (χ0n) is 24.0. The number of halogens is 6. The minimum absolute atomic E-state index is 0.0876. The summed E-state index contributed by atoms with van der Waals surface area (Å²) in [6.07, 6.45) is 0.817. The van der Waals surface area contributed by atoms with Gasteiger partial charge in [0.1, 0.15) is 0 Å². The Balaban J connectivity index is 0.000000175. The van der Waals surface area contributed by atoms with Gasteiger partial charge in [-0.15, -0.1) is 0 Å². The van der Waals surface area contributed by atoms with E-state index in [0.717, 1.165) is 44.8 Å². The first kappa shape index (κ1) is 32.2. The van der Waals surface area contributed by atoms with Crippen molar-refractivity contribution in [2.45, 2.75) is 60.3 Å². The topological polar surface area (TPSA) is 24.1 Å². The molecule has 0 bridgehead atoms. The Kier molecular flexibility index (Phi) is 9.80. The van der Waals surface area contributed by atoms with Gasteiger partial charge in [-0.25, -0.2) is 0 Å². The van der Waals surface area contributed by atoms with Crippen LogP contribution in [0.3, 0.4) is 0 Å². The van der Waals surface area contributed by atoms with Crippen molar-refractivity contribution >= 4 is 34.9 Å². The summed E-state index contributed by atoms with van der Waals surface area (Å²) in [6, 6.07) is 29.8. The van der Waals surface area contributed by atoms with E-state index in [-0.39, 0.29) is 35.6 Å². The fourth-order valence-electron chi connectivity index (χ4n) is 5.75. The molecular weight excluding hydrogens is 615 g/mol. The van der Waals surface area contributed by atoms with E-state index in [1.165, 1.54) is 0 Å². The van der Waals surface area contributed by atoms with E-state index in [2.05, 4.69) is 10.6 Å². The van der Waals surface area contributed by atoms with Gasteiger partial charge in [-0.1, -0.05) is 96.1 Å². The minimum atomic E-state index is -4.24. The SMILES string of the molecule is Cc1cccc([C@@H]2Nc3ccccc3C[C@@H]2SC(F)(F)F)c1.Cc1cccc([C@@H]2Nc3ccccc3C[C@@H]2SC(F)(F)F)c1. The minimum Gasteiger partial charge on any atom is -0.377 e. The standard InChI is InChI=1S/2C17H16F3NS/c2*1-11-5-4-7-13(9-11)16-15(22-17(18,19)20)10-12-6-2-3-8-14(12)21-16/h2*2-9,15-16,21H,10H2,1H3/t2*15-,16-/m00/s1. The van der Waals surface area contributed by atoms with E-state index < -0.39 is 21.5 Å². The third-order valence-electron chi connectivity index (χ3n) is 7.62. The number of nitrogens with one attached hydrogen (secondary N) is 2. The van der Waals surface area contributed by atoms with Crippen LogP contribution in [0.2, 0.25) is 0 Å². The van der Waals surface area contributed by atoms with Crippen LogP contribution < -0.4 is 10.6 Å². The van der Waals surface area contributed by atoms with Crippen molar-refractivity contribution in [2.24, 2.45) is 0 Å². The summed E-state index contributed by atoms with van der Waals surface area (Å²) in [7, 11) is 0. The third kappa shape index (κ3) is 8.47. The molecule has 0 aliphatic carbocycles. The number of thioether (sulfide) groups is 2. The fourth-order valence-corrected chi connectivity index (χ4v) is 7.69. The highest BCUT2D eigenvalue weighted by atomic mass is 32.2. The second-order valence-electron chi connectivity index (χ2n) is 11.0. The molecule has 2 heterocycles. The average molecular weight is 647 g/mol. The molecule has 4 atom stereocenters. The summed E-state index contributed by atoms with van der Waals surface area (Å²) in [6.45, 7) is 3.90. The van der Waals surface area contributed by atoms with E-state index in [0.29, 0.717) is 12.8 Å². The van der Waals surface area contributed by atoms with Gasteiger partial charge in [0.2, 0.25) is 0 Å². The molecule has 0 spiro atoms. The van der Waals surface area contributed by atoms with Gasteiger partial charge in [-0.2, -0.15) is 26.3 Å². The molecule has 0 aromatic heterocycles. The maximum Gasteiger partial charge on any atom is 0.442 e. The van der Waals surface area contributed by atoms with Crippen LogP contribution in [-0.2, 0) is 12.8 Å². The van der Waals surface area contributed by atoms with Crippen molar-refractivity contribution in [1.82, 2.24) is 0 Å². The number of rotatable bonds is 4. The lowest BCUT2D eigenvalue weighted by molar-refractivity contribution is -0.0344. The maximum atomic E-state index is 12.9. The van der Waals surface area contributed by atoms with Gasteiger partial charge in [-0.3, -0.25) is 0 Å². The third-order valence-corrected chi connectivity index (χ3v) is 9.63. The second kappa shape index (κ2) is 13.4. The van der Waals surface area contributed by atoms with Crippen molar-refractivity contribution in [3.63, 3.8) is 0 Å². The molecule has 232 valence electrons. The molecule has 0 radical (unpaired) electrons. The Morgan fingerprint density at radius 3 is 1.30 bits per heavy atom. The summed E-state index contributed by atoms with van der Waals surface area (Å²) < 4.78 is 77.5. The largest absolute Gasteiger partial charge is 0.442 e. The van der Waals surface area contributed by atoms with Crippen LogP contribution in [-0.4, -0.2) is 21.5 Å². The zero-order chi connectivity index (χ0) is 31.5. The van der Waals surface area contributed by atoms with Crippen LogP contribution in [0.25, 0.3) is 0 Å². The van der Waals surface area contributed by atoms with Crippen molar-refractivity contribution in [3.05, 3.63) is 130 Å². The van der Waals surface area contributed by atoms with Crippen molar-refractivity contribution < 1.29 is 26.3 Å². The van der Waals surface area contributed by atoms with E-state index in [1.807, 2.05) is 111 Å². The van der Waals surface area contributed by atoms with Gasteiger partial charge < -0.3 is 10.6 Å². The molecule has 4 aromatic carbocycles. The number of fused-ring (bicyclic) bond motifs is 2. The molecule has 0 saturated carbocycles. The second-order valence-corrected chi connectivity index (χ2v) is 13.6. The van der Waals surface area contributed by atoms with E-state index in [9.17, 15) is 26.3 Å². The van der Waals surface area contributed by atoms with Crippen molar-refractivity contribution in [2.75, 3.05) is 10.6 Å². The summed E-state index contributed by atoms with van der Waals surface area (Å²) in [5.41, 5.74) is -0.848. The number of anilines is 2. The Labute approximate surface area is 262 Å². The Hall–Kier alpha value is -3.24. The molecule has 2 aliphatic heterocycles. The molecule has 2 N–H and O–H groups in total. The molecule has 0 unspecified atom stereocenters. The first-order valence-electron chi connectivity index (χ1n) is 14.2. The average Bonchev–Trinajstić information content (AvgIpc) is 2.95. The van der Waals surface area contributed by atoms with Gasteiger partial charge in [0.15, 0.2) is 0 Å². The predicted molar refractivity (Wildman–Crippen MR) is 170 cm³/mol. The highest BCUT2D eigenvalue weighted by molar-refractivity contribution is 8.01. The number of hydrogen-bond acceptors (Lipinski definition) is 4. The molecule has 4 aromatic rings. The molecule has 44 heavy (non-hydrogen) atoms. The lowest BCUT2D eigenvalue weighted by Crippen LogP contribution is -2.32. The van der Waals surface area contributed by atoms with E-state index in [1.54, 1.807) is 0 Å². The number of hydrogen-bond donors (Lipinski definition) is 2. The number of alkyl halides is 6. The molecule has 6 rings (SSSR count). The Morgan fingerprint density at radius 1 is 0.545 bits per heavy atom. The van der Waals surface area contributed by atoms with Crippen molar-refractivity contribution in [1.29, 1.82) is 0 Å². The Bertz CT molecular complexity index is 1450. The lowest BCUT2D eigenvalue weighted by atomic mass is 9.92. The number of para-hydroxylation sites is 2. The van der Waals surface area contributed by atoms with Crippen molar-refractivity contribution in [3.8, 4) is 0 Å². The first-order chi connectivity index (χ1) is 20.8. The summed E-state index contributed by atoms with van der Waals surface area (Å²) in [4.78, 5) is 0. The molecule has 0 amide bonds. The monoisotopic (exact) mass is 646 g/mol. The summed E-state index contributed by atoms with van der Waals surface area (Å²) in [5.74, 6) is 0. The number of aryl methyl sites for hydroxylation is 2. The zero-order valence-corrected chi connectivity index (χ0v) is 25.7. The molecule has 0 saturated heterocycles. The quantitative estimate of drug-likeness (QED) is 0.216. The van der Waals surface area contributed by atoms with Crippen LogP contribution in [0, 0.1) is 13.8 Å². The summed E-state index contributed by atoms with van der Waals surface area (Å²) >= 11 is 0.175. The number of benzene rings is 4. The van der Waals surface area contributed by atoms with Gasteiger partial charge in [0.05, 0.1) is 12.1 Å². The lowest BCUT2D eigenvalue weighted by Gasteiger charge is -2.35. The van der Waals surface area contributed by atoms with Crippen LogP contribution in [0.4, 0.5) is 37.7 Å². The highest BCUT2D eigenvalue weighted by Crippen LogP contribution is 2.46. The molecule has 10 heteroatoms. The molecule has 2 nitrogen and oxygen atoms in total. The van der Waals surface area contributed by atoms with E-state index in [4.69, 9.17) is 0 Å². The smallest absolute Gasteiger partial charge is 0.377 e. The fraction of sp³-hybridized carbons (Fsp3) is 0.294. The van der Waals surface area contributed by atoms with Crippen LogP contribution in [0.15, 0.2) is 97.1 Å². The molecule has 0 fully saturated rings. The van der Waals surface area contributed by atoms with Crippen LogP contribution >= 0.6 is 23.5 Å². The first-order valence-corrected chi connectivity index (χ1v) is 15.9. The highest BCUT2D eigenvalue weighted by Gasteiger charge is 2.41. The Morgan fingerprint density at radius 2 is 0.932 bits per heavy atom. The molecule has 2 aliphatic rings. The predicted octanol–water partition coefficient (Wildman–Crippen LogP) is 10.7. The van der Waals surface area contributed by atoms with Gasteiger partial charge in [0.25, 0.3) is 0 Å². The van der Waals surface area contributed by atoms with Crippen LogP contribution in [0.5, 0.6) is 0 Å². The normalized spacial score (nSPS) is 21.1. The van der Waals surface area contributed by atoms with Gasteiger partial charge >= 0.3 is 11.0 Å². The van der Waals surface area contributed by atoms with Crippen LogP contribution in [0.1, 0.15) is 45.5 Å². The molecular formula is C34H32F6N2S2.